The van der Waals surface area contributed by atoms with Crippen molar-refractivity contribution in [3.63, 3.8) is 0 Å². The Kier molecular flexibility index (Phi) is 6.29. The van der Waals surface area contributed by atoms with E-state index in [0.717, 1.165) is 36.0 Å². The first-order valence-electron chi connectivity index (χ1n) is 9.43. The third-order valence-corrected chi connectivity index (χ3v) is 5.12. The first-order chi connectivity index (χ1) is 13.0. The van der Waals surface area contributed by atoms with Gasteiger partial charge in [0.1, 0.15) is 5.82 Å². The van der Waals surface area contributed by atoms with Crippen LogP contribution >= 0.6 is 11.6 Å². The van der Waals surface area contributed by atoms with E-state index in [4.69, 9.17) is 26.2 Å². The van der Waals surface area contributed by atoms with Crippen LogP contribution in [0.3, 0.4) is 0 Å². The number of anilines is 3. The number of nitrogens with zero attached hydrogens (tertiary/aromatic N) is 3. The fraction of sp³-hybridized carbons (Fsp3) is 0.550. The average molecular weight is 393 g/mol. The van der Waals surface area contributed by atoms with E-state index < -0.39 is 0 Å². The lowest BCUT2D eigenvalue weighted by molar-refractivity contribution is 0.0204. The minimum atomic E-state index is -0.200. The SMILES string of the molecule is CCOC(COC)Nc1c2c(nn1C)N(c1c(C)cc(Cl)cc1C)CCC2. The number of halogens is 1. The Hall–Kier alpha value is -1.76. The summed E-state index contributed by atoms with van der Waals surface area (Å²) in [6.45, 7) is 8.24. The van der Waals surface area contributed by atoms with E-state index >= 15 is 0 Å². The first kappa shape index (κ1) is 20.0. The zero-order valence-electron chi connectivity index (χ0n) is 16.8. The summed E-state index contributed by atoms with van der Waals surface area (Å²) in [6, 6.07) is 4.04. The molecule has 27 heavy (non-hydrogen) atoms. The second kappa shape index (κ2) is 8.50. The molecule has 1 atom stereocenters. The van der Waals surface area contributed by atoms with Crippen molar-refractivity contribution in [1.82, 2.24) is 9.78 Å². The molecule has 1 aromatic heterocycles. The normalized spacial score (nSPS) is 15.0. The topological polar surface area (TPSA) is 51.6 Å². The van der Waals surface area contributed by atoms with Gasteiger partial charge in [0, 0.05) is 43.6 Å². The molecule has 0 saturated carbocycles. The number of nitrogens with one attached hydrogen (secondary N) is 1. The van der Waals surface area contributed by atoms with Crippen molar-refractivity contribution in [2.24, 2.45) is 7.05 Å². The summed E-state index contributed by atoms with van der Waals surface area (Å²) in [6.07, 6.45) is 1.85. The zero-order valence-corrected chi connectivity index (χ0v) is 17.6. The highest BCUT2D eigenvalue weighted by atomic mass is 35.5. The van der Waals surface area contributed by atoms with Gasteiger partial charge in [-0.3, -0.25) is 4.68 Å². The van der Waals surface area contributed by atoms with Crippen molar-refractivity contribution in [2.45, 2.75) is 39.8 Å². The van der Waals surface area contributed by atoms with Crippen LogP contribution in [0.4, 0.5) is 17.3 Å². The number of aromatic nitrogens is 2. The lowest BCUT2D eigenvalue weighted by Gasteiger charge is -2.31. The maximum absolute atomic E-state index is 6.23. The summed E-state index contributed by atoms with van der Waals surface area (Å²) in [7, 11) is 3.65. The minimum absolute atomic E-state index is 0.200. The van der Waals surface area contributed by atoms with Gasteiger partial charge in [0.15, 0.2) is 12.0 Å². The average Bonchev–Trinajstić information content (AvgIpc) is 2.91. The lowest BCUT2D eigenvalue weighted by atomic mass is 10.0. The molecule has 0 fully saturated rings. The number of ether oxygens (including phenoxy) is 2. The Morgan fingerprint density at radius 1 is 1.30 bits per heavy atom. The van der Waals surface area contributed by atoms with Crippen LogP contribution in [0.15, 0.2) is 12.1 Å². The monoisotopic (exact) mass is 392 g/mol. The van der Waals surface area contributed by atoms with Gasteiger partial charge in [-0.05, 0) is 56.9 Å². The molecule has 2 heterocycles. The summed E-state index contributed by atoms with van der Waals surface area (Å²) in [4.78, 5) is 2.32. The predicted molar refractivity (Wildman–Crippen MR) is 110 cm³/mol. The number of hydrogen-bond acceptors (Lipinski definition) is 5. The third kappa shape index (κ3) is 4.08. The number of methoxy groups -OCH3 is 1. The lowest BCUT2D eigenvalue weighted by Crippen LogP contribution is -2.30. The van der Waals surface area contributed by atoms with E-state index in [1.807, 2.05) is 30.8 Å². The Morgan fingerprint density at radius 3 is 2.63 bits per heavy atom. The van der Waals surface area contributed by atoms with Crippen molar-refractivity contribution in [3.05, 3.63) is 33.8 Å². The molecule has 1 aromatic carbocycles. The van der Waals surface area contributed by atoms with Gasteiger partial charge in [-0.2, -0.15) is 5.10 Å². The molecular formula is C20H29ClN4O2. The number of rotatable bonds is 7. The molecule has 0 saturated heterocycles. The van der Waals surface area contributed by atoms with Gasteiger partial charge in [0.05, 0.1) is 6.61 Å². The van der Waals surface area contributed by atoms with Gasteiger partial charge < -0.3 is 19.7 Å². The quantitative estimate of drug-likeness (QED) is 0.716. The van der Waals surface area contributed by atoms with E-state index in [9.17, 15) is 0 Å². The Labute approximate surface area is 166 Å². The molecule has 6 nitrogen and oxygen atoms in total. The summed E-state index contributed by atoms with van der Waals surface area (Å²) in [5.41, 5.74) is 4.75. The predicted octanol–water partition coefficient (Wildman–Crippen LogP) is 4.20. The fourth-order valence-corrected chi connectivity index (χ4v) is 4.21. The number of hydrogen-bond donors (Lipinski definition) is 1. The summed E-state index contributed by atoms with van der Waals surface area (Å²) in [5, 5.41) is 9.08. The molecule has 1 aliphatic heterocycles. The standard InChI is InChI=1S/C20H29ClN4O2/c1-6-27-17(12-26-5)22-19-16-8-7-9-25(20(16)23-24(19)4)18-13(2)10-15(21)11-14(18)3/h10-11,17,22H,6-9,12H2,1-5H3. The first-order valence-corrected chi connectivity index (χ1v) is 9.81. The Bertz CT molecular complexity index is 777. The van der Waals surface area contributed by atoms with Gasteiger partial charge in [-0.15, -0.1) is 0 Å². The molecule has 1 unspecified atom stereocenters. The molecule has 0 amide bonds. The second-order valence-electron chi connectivity index (χ2n) is 6.96. The maximum atomic E-state index is 6.23. The molecule has 1 aliphatic rings. The van der Waals surface area contributed by atoms with E-state index in [-0.39, 0.29) is 6.23 Å². The molecule has 0 spiro atoms. The van der Waals surface area contributed by atoms with Crippen LogP contribution in [0.2, 0.25) is 5.02 Å². The van der Waals surface area contributed by atoms with Crippen LogP contribution in [0.1, 0.15) is 30.0 Å². The molecule has 7 heteroatoms. The molecule has 148 valence electrons. The highest BCUT2D eigenvalue weighted by molar-refractivity contribution is 6.30. The number of benzene rings is 1. The van der Waals surface area contributed by atoms with Gasteiger partial charge in [-0.1, -0.05) is 11.6 Å². The zero-order chi connectivity index (χ0) is 19.6. The number of fused-ring (bicyclic) bond motifs is 1. The minimum Gasteiger partial charge on any atom is -0.380 e. The molecule has 0 bridgehead atoms. The number of aryl methyl sites for hydroxylation is 3. The second-order valence-corrected chi connectivity index (χ2v) is 7.40. The third-order valence-electron chi connectivity index (χ3n) is 4.90. The Balaban J connectivity index is 1.98. The maximum Gasteiger partial charge on any atom is 0.160 e. The van der Waals surface area contributed by atoms with Crippen molar-refractivity contribution < 1.29 is 9.47 Å². The molecule has 1 N–H and O–H groups in total. The van der Waals surface area contributed by atoms with E-state index in [1.54, 1.807) is 7.11 Å². The van der Waals surface area contributed by atoms with Gasteiger partial charge in [-0.25, -0.2) is 0 Å². The van der Waals surface area contributed by atoms with E-state index in [0.29, 0.717) is 13.2 Å². The van der Waals surface area contributed by atoms with Crippen molar-refractivity contribution >= 4 is 28.9 Å². The van der Waals surface area contributed by atoms with Crippen LogP contribution in [-0.4, -0.2) is 42.9 Å². The van der Waals surface area contributed by atoms with Crippen LogP contribution in [-0.2, 0) is 22.9 Å². The van der Waals surface area contributed by atoms with Crippen LogP contribution in [0.25, 0.3) is 0 Å². The summed E-state index contributed by atoms with van der Waals surface area (Å²) in [5.74, 6) is 2.00. The summed E-state index contributed by atoms with van der Waals surface area (Å²) < 4.78 is 12.9. The Morgan fingerprint density at radius 2 is 2.00 bits per heavy atom. The molecule has 0 radical (unpaired) electrons. The van der Waals surface area contributed by atoms with E-state index in [2.05, 4.69) is 24.1 Å². The van der Waals surface area contributed by atoms with Crippen molar-refractivity contribution in [1.29, 1.82) is 0 Å². The van der Waals surface area contributed by atoms with Crippen molar-refractivity contribution in [2.75, 3.05) is 37.1 Å². The van der Waals surface area contributed by atoms with Crippen LogP contribution in [0, 0.1) is 13.8 Å². The molecular weight excluding hydrogens is 364 g/mol. The van der Waals surface area contributed by atoms with Gasteiger partial charge in [0.2, 0.25) is 0 Å². The molecule has 0 aliphatic carbocycles. The van der Waals surface area contributed by atoms with Gasteiger partial charge >= 0.3 is 0 Å². The van der Waals surface area contributed by atoms with Crippen LogP contribution < -0.4 is 10.2 Å². The largest absolute Gasteiger partial charge is 0.380 e. The fourth-order valence-electron chi connectivity index (χ4n) is 3.88. The highest BCUT2D eigenvalue weighted by Crippen LogP contribution is 2.40. The highest BCUT2D eigenvalue weighted by Gasteiger charge is 2.28. The summed E-state index contributed by atoms with van der Waals surface area (Å²) >= 11 is 6.23. The van der Waals surface area contributed by atoms with Crippen LogP contribution in [0.5, 0.6) is 0 Å². The van der Waals surface area contributed by atoms with E-state index in [1.165, 1.54) is 22.4 Å². The molecule has 2 aromatic rings. The smallest absolute Gasteiger partial charge is 0.160 e. The van der Waals surface area contributed by atoms with Crippen molar-refractivity contribution in [3.8, 4) is 0 Å². The van der Waals surface area contributed by atoms with Gasteiger partial charge in [0.25, 0.3) is 0 Å². The molecule has 3 rings (SSSR count).